The minimum Gasteiger partial charge on any atom is -0.488 e. The highest BCUT2D eigenvalue weighted by atomic mass is 35.5. The Balaban J connectivity index is 2.00. The average Bonchev–Trinajstić information content (AvgIpc) is 2.76. The first-order valence-electron chi connectivity index (χ1n) is 10.6. The van der Waals surface area contributed by atoms with Gasteiger partial charge in [-0.05, 0) is 43.7 Å². The van der Waals surface area contributed by atoms with E-state index in [2.05, 4.69) is 15.6 Å². The number of amides is 1. The fourth-order valence-corrected chi connectivity index (χ4v) is 3.26. The second kappa shape index (κ2) is 11.0. The van der Waals surface area contributed by atoms with Crippen molar-refractivity contribution in [2.24, 2.45) is 0 Å². The van der Waals surface area contributed by atoms with E-state index in [9.17, 15) is 18.8 Å². The topological polar surface area (TPSA) is 107 Å². The highest BCUT2D eigenvalue weighted by Crippen LogP contribution is 2.24. The van der Waals surface area contributed by atoms with Crippen molar-refractivity contribution in [1.29, 1.82) is 0 Å². The van der Waals surface area contributed by atoms with Gasteiger partial charge in [-0.1, -0.05) is 23.7 Å². The lowest BCUT2D eigenvalue weighted by molar-refractivity contribution is -0.118. The third kappa shape index (κ3) is 6.44. The number of rotatable bonds is 9. The average molecular weight is 490 g/mol. The number of halogens is 2. The summed E-state index contributed by atoms with van der Waals surface area (Å²) in [5.74, 6) is -0.861. The minimum absolute atomic E-state index is 0.0546. The Bertz CT molecular complexity index is 1290. The lowest BCUT2D eigenvalue weighted by atomic mass is 10.2. The summed E-state index contributed by atoms with van der Waals surface area (Å²) in [5, 5.41) is 5.93. The van der Waals surface area contributed by atoms with Gasteiger partial charge < -0.3 is 15.4 Å². The molecule has 11 heteroatoms. The molecule has 1 amide bonds. The van der Waals surface area contributed by atoms with Gasteiger partial charge in [0.15, 0.2) is 11.6 Å². The third-order valence-electron chi connectivity index (χ3n) is 4.66. The van der Waals surface area contributed by atoms with Gasteiger partial charge in [0.25, 0.3) is 0 Å². The molecular formula is C23H25ClFN5O4. The summed E-state index contributed by atoms with van der Waals surface area (Å²) in [6.07, 6.45) is -0.204. The molecular weight excluding hydrogens is 465 g/mol. The zero-order valence-electron chi connectivity index (χ0n) is 19.0. The van der Waals surface area contributed by atoms with Crippen LogP contribution in [0.2, 0.25) is 5.02 Å². The first-order valence-corrected chi connectivity index (χ1v) is 11.0. The van der Waals surface area contributed by atoms with Crippen molar-refractivity contribution in [3.63, 3.8) is 0 Å². The highest BCUT2D eigenvalue weighted by molar-refractivity contribution is 6.30. The lowest BCUT2D eigenvalue weighted by Crippen LogP contribution is -2.44. The van der Waals surface area contributed by atoms with Crippen LogP contribution in [0.1, 0.15) is 26.3 Å². The van der Waals surface area contributed by atoms with Gasteiger partial charge in [-0.15, -0.1) is 0 Å². The lowest BCUT2D eigenvalue weighted by Gasteiger charge is -2.16. The fraction of sp³-hybridized carbons (Fsp3) is 0.304. The number of nitrogens with zero attached hydrogens (tertiary/aromatic N) is 3. The van der Waals surface area contributed by atoms with Gasteiger partial charge >= 0.3 is 11.4 Å². The van der Waals surface area contributed by atoms with Gasteiger partial charge in [-0.3, -0.25) is 9.36 Å². The number of carbonyl (C=O) groups excluding carboxylic acids is 1. The first-order chi connectivity index (χ1) is 16.1. The molecule has 3 rings (SSSR count). The fourth-order valence-electron chi connectivity index (χ4n) is 3.13. The van der Waals surface area contributed by atoms with Crippen LogP contribution in [0, 0.1) is 5.82 Å². The molecule has 0 bridgehead atoms. The van der Waals surface area contributed by atoms with E-state index in [1.807, 2.05) is 0 Å². The molecule has 1 aromatic heterocycles. The molecule has 2 N–H and O–H groups in total. The van der Waals surface area contributed by atoms with Gasteiger partial charge in [-0.2, -0.15) is 4.98 Å². The van der Waals surface area contributed by atoms with Crippen LogP contribution in [0.5, 0.6) is 5.75 Å². The number of aromatic nitrogens is 3. The van der Waals surface area contributed by atoms with Crippen molar-refractivity contribution in [1.82, 2.24) is 19.4 Å². The van der Waals surface area contributed by atoms with Crippen LogP contribution in [0.4, 0.5) is 16.0 Å². The quantitative estimate of drug-likeness (QED) is 0.478. The Labute approximate surface area is 200 Å². The van der Waals surface area contributed by atoms with E-state index in [0.29, 0.717) is 5.02 Å². The van der Waals surface area contributed by atoms with E-state index in [1.165, 1.54) is 23.6 Å². The Kier molecular flexibility index (Phi) is 8.06. The number of benzene rings is 2. The summed E-state index contributed by atoms with van der Waals surface area (Å²) in [7, 11) is 0. The predicted octanol–water partition coefficient (Wildman–Crippen LogP) is 2.91. The van der Waals surface area contributed by atoms with E-state index >= 15 is 0 Å². The Morgan fingerprint density at radius 1 is 1.15 bits per heavy atom. The van der Waals surface area contributed by atoms with Gasteiger partial charge in [0.05, 0.1) is 12.6 Å². The maximum atomic E-state index is 14.5. The summed E-state index contributed by atoms with van der Waals surface area (Å²) < 4.78 is 22.0. The molecule has 0 saturated carbocycles. The molecule has 0 aliphatic rings. The van der Waals surface area contributed by atoms with Crippen molar-refractivity contribution >= 4 is 29.1 Å². The minimum atomic E-state index is -0.801. The van der Waals surface area contributed by atoms with E-state index < -0.39 is 17.2 Å². The van der Waals surface area contributed by atoms with Crippen molar-refractivity contribution in [2.45, 2.75) is 40.0 Å². The number of hydrogen-bond donors (Lipinski definition) is 2. The van der Waals surface area contributed by atoms with Gasteiger partial charge in [0.1, 0.15) is 0 Å². The zero-order valence-corrected chi connectivity index (χ0v) is 19.7. The Morgan fingerprint density at radius 2 is 1.85 bits per heavy atom. The Hall–Kier alpha value is -3.66. The van der Waals surface area contributed by atoms with Crippen molar-refractivity contribution in [3.8, 4) is 5.75 Å². The second-order valence-electron chi connectivity index (χ2n) is 7.78. The molecule has 0 aliphatic heterocycles. The molecule has 1 heterocycles. The standard InChI is InChI=1S/C23H25ClFN5O4/c1-14(2)34-20-9-8-18(12-19(20)25)27-21-28-22(32)29(11-10-26-15(3)31)23(33)30(21)13-16-4-6-17(24)7-5-16/h4-9,12,14H,10-11,13H2,1-3H3,(H,26,31)(H,27,28,32). The molecule has 180 valence electrons. The number of ether oxygens (including phenoxy) is 1. The van der Waals surface area contributed by atoms with Crippen molar-refractivity contribution in [2.75, 3.05) is 11.9 Å². The van der Waals surface area contributed by atoms with Crippen LogP contribution >= 0.6 is 11.6 Å². The molecule has 0 radical (unpaired) electrons. The molecule has 9 nitrogen and oxygen atoms in total. The molecule has 0 spiro atoms. The van der Waals surface area contributed by atoms with Gasteiger partial charge in [-0.25, -0.2) is 18.5 Å². The Morgan fingerprint density at radius 3 is 2.47 bits per heavy atom. The SMILES string of the molecule is CC(=O)NCCn1c(=O)nc(Nc2ccc(OC(C)C)c(F)c2)n(Cc2ccc(Cl)cc2)c1=O. The van der Waals surface area contributed by atoms with Gasteiger partial charge in [0, 0.05) is 36.8 Å². The number of anilines is 2. The smallest absolute Gasteiger partial charge is 0.355 e. The predicted molar refractivity (Wildman–Crippen MR) is 127 cm³/mol. The van der Waals surface area contributed by atoms with Crippen molar-refractivity contribution in [3.05, 3.63) is 79.8 Å². The molecule has 34 heavy (non-hydrogen) atoms. The van der Waals surface area contributed by atoms with E-state index in [4.69, 9.17) is 16.3 Å². The zero-order chi connectivity index (χ0) is 24.8. The molecule has 0 atom stereocenters. The van der Waals surface area contributed by atoms with E-state index in [1.54, 1.807) is 44.2 Å². The van der Waals surface area contributed by atoms with E-state index in [0.717, 1.165) is 10.1 Å². The van der Waals surface area contributed by atoms with Crippen LogP contribution in [0.25, 0.3) is 0 Å². The first kappa shape index (κ1) is 25.0. The second-order valence-corrected chi connectivity index (χ2v) is 8.22. The van der Waals surface area contributed by atoms with E-state index in [-0.39, 0.29) is 49.0 Å². The summed E-state index contributed by atoms with van der Waals surface area (Å²) in [5.41, 5.74) is -0.426. The normalized spacial score (nSPS) is 10.9. The van der Waals surface area contributed by atoms with Crippen LogP contribution < -0.4 is 26.7 Å². The van der Waals surface area contributed by atoms with Crippen LogP contribution in [0.3, 0.4) is 0 Å². The number of nitrogens with one attached hydrogen (secondary N) is 2. The third-order valence-corrected chi connectivity index (χ3v) is 4.92. The molecule has 3 aromatic rings. The van der Waals surface area contributed by atoms with Gasteiger partial charge in [0.2, 0.25) is 11.9 Å². The summed E-state index contributed by atoms with van der Waals surface area (Å²) in [6.45, 7) is 5.01. The van der Waals surface area contributed by atoms with Crippen LogP contribution in [-0.4, -0.2) is 32.7 Å². The maximum Gasteiger partial charge on any atom is 0.355 e. The summed E-state index contributed by atoms with van der Waals surface area (Å²) in [6, 6.07) is 11.0. The largest absolute Gasteiger partial charge is 0.488 e. The van der Waals surface area contributed by atoms with Crippen molar-refractivity contribution < 1.29 is 13.9 Å². The maximum absolute atomic E-state index is 14.5. The summed E-state index contributed by atoms with van der Waals surface area (Å²) >= 11 is 5.95. The van der Waals surface area contributed by atoms with Crippen LogP contribution in [0.15, 0.2) is 52.1 Å². The molecule has 0 fully saturated rings. The molecule has 2 aromatic carbocycles. The molecule has 0 aliphatic carbocycles. The number of hydrogen-bond acceptors (Lipinski definition) is 6. The molecule has 0 unspecified atom stereocenters. The van der Waals surface area contributed by atoms with Crippen LogP contribution in [-0.2, 0) is 17.9 Å². The monoisotopic (exact) mass is 489 g/mol. The number of carbonyl (C=O) groups is 1. The summed E-state index contributed by atoms with van der Waals surface area (Å²) in [4.78, 5) is 41.0. The highest BCUT2D eigenvalue weighted by Gasteiger charge is 2.15. The molecule has 0 saturated heterocycles.